The summed E-state index contributed by atoms with van der Waals surface area (Å²) in [6.07, 6.45) is 3.86. The molecule has 0 fully saturated rings. The van der Waals surface area contributed by atoms with Gasteiger partial charge in [-0.25, -0.2) is 4.39 Å². The lowest BCUT2D eigenvalue weighted by Crippen LogP contribution is -2.16. The summed E-state index contributed by atoms with van der Waals surface area (Å²) < 4.78 is 14.9. The Morgan fingerprint density at radius 1 is 1.38 bits per heavy atom. The highest BCUT2D eigenvalue weighted by Gasteiger charge is 2.22. The molecule has 0 radical (unpaired) electrons. The largest absolute Gasteiger partial charge is 0.398 e. The van der Waals surface area contributed by atoms with Crippen LogP contribution in [0.4, 0.5) is 4.39 Å². The van der Waals surface area contributed by atoms with Gasteiger partial charge < -0.3 is 5.73 Å². The lowest BCUT2D eigenvalue weighted by molar-refractivity contribution is 0.555. The van der Waals surface area contributed by atoms with E-state index in [2.05, 4.69) is 32.3 Å². The number of benzene rings is 1. The van der Waals surface area contributed by atoms with Crippen molar-refractivity contribution in [2.24, 2.45) is 10.7 Å². The summed E-state index contributed by atoms with van der Waals surface area (Å²) in [5.41, 5.74) is 8.59. The molecule has 1 rings (SSSR count). The number of nitrogens with two attached hydrogens (primary N) is 1. The first-order chi connectivity index (χ1) is 9.72. The minimum atomic E-state index is -0.196. The van der Waals surface area contributed by atoms with Crippen molar-refractivity contribution in [2.45, 2.75) is 46.5 Å². The third kappa shape index (κ3) is 4.03. The van der Waals surface area contributed by atoms with Crippen molar-refractivity contribution < 1.29 is 4.39 Å². The fraction of sp³-hybridized carbons (Fsp3) is 0.389. The van der Waals surface area contributed by atoms with Gasteiger partial charge in [-0.05, 0) is 36.0 Å². The molecule has 0 aliphatic carbocycles. The van der Waals surface area contributed by atoms with Crippen LogP contribution >= 0.6 is 0 Å². The van der Waals surface area contributed by atoms with E-state index in [1.54, 1.807) is 12.1 Å². The maximum absolute atomic E-state index is 14.9. The van der Waals surface area contributed by atoms with Gasteiger partial charge in [-0.3, -0.25) is 4.99 Å². The zero-order valence-electron chi connectivity index (χ0n) is 13.6. The molecule has 3 heteroatoms. The Morgan fingerprint density at radius 3 is 2.43 bits per heavy atom. The standard InChI is InChI=1S/C18H25FN2/c1-7-13-15(18(4,5)6)10-9-14(17(13)19)16(8-2)21-11-12(3)20/h8-11H,3,7,20H2,1-2,4-6H3/b16-8-,21-11?. The normalized spacial score (nSPS) is 13.0. The molecule has 2 nitrogen and oxygen atoms in total. The highest BCUT2D eigenvalue weighted by molar-refractivity contribution is 5.83. The summed E-state index contributed by atoms with van der Waals surface area (Å²) in [4.78, 5) is 4.21. The van der Waals surface area contributed by atoms with Crippen LogP contribution in [0.5, 0.6) is 0 Å². The van der Waals surface area contributed by atoms with Crippen molar-refractivity contribution in [1.82, 2.24) is 0 Å². The first-order valence-corrected chi connectivity index (χ1v) is 7.19. The predicted octanol–water partition coefficient (Wildman–Crippen LogP) is 4.59. The Bertz CT molecular complexity index is 590. The molecule has 114 valence electrons. The summed E-state index contributed by atoms with van der Waals surface area (Å²) >= 11 is 0. The average Bonchev–Trinajstić information content (AvgIpc) is 2.39. The van der Waals surface area contributed by atoms with E-state index < -0.39 is 0 Å². The van der Waals surface area contributed by atoms with Crippen LogP contribution in [0.3, 0.4) is 0 Å². The minimum Gasteiger partial charge on any atom is -0.398 e. The maximum Gasteiger partial charge on any atom is 0.136 e. The van der Waals surface area contributed by atoms with Crippen LogP contribution in [0.1, 0.15) is 51.3 Å². The fourth-order valence-electron chi connectivity index (χ4n) is 2.32. The molecule has 1 aromatic carbocycles. The van der Waals surface area contributed by atoms with E-state index in [0.717, 1.165) is 11.1 Å². The van der Waals surface area contributed by atoms with Gasteiger partial charge in [0.1, 0.15) is 5.82 Å². The van der Waals surface area contributed by atoms with Crippen molar-refractivity contribution >= 4 is 11.9 Å². The number of allylic oxidation sites excluding steroid dienone is 2. The average molecular weight is 288 g/mol. The van der Waals surface area contributed by atoms with Crippen LogP contribution in [0.15, 0.2) is 35.5 Å². The second kappa shape index (κ2) is 6.70. The van der Waals surface area contributed by atoms with E-state index in [-0.39, 0.29) is 11.2 Å². The molecular weight excluding hydrogens is 263 g/mol. The van der Waals surface area contributed by atoms with Gasteiger partial charge in [0.2, 0.25) is 0 Å². The van der Waals surface area contributed by atoms with E-state index in [1.165, 1.54) is 6.21 Å². The van der Waals surface area contributed by atoms with Crippen molar-refractivity contribution in [3.05, 3.63) is 53.0 Å². The van der Waals surface area contributed by atoms with Gasteiger partial charge in [0, 0.05) is 17.5 Å². The quantitative estimate of drug-likeness (QED) is 0.809. The maximum atomic E-state index is 14.9. The van der Waals surface area contributed by atoms with E-state index in [0.29, 0.717) is 23.4 Å². The van der Waals surface area contributed by atoms with E-state index in [9.17, 15) is 4.39 Å². The van der Waals surface area contributed by atoms with Crippen LogP contribution in [0.25, 0.3) is 5.70 Å². The number of aliphatic imine (C=N–C) groups is 1. The van der Waals surface area contributed by atoms with Gasteiger partial charge in [-0.1, -0.05) is 46.4 Å². The number of halogens is 1. The third-order valence-electron chi connectivity index (χ3n) is 3.32. The summed E-state index contributed by atoms with van der Waals surface area (Å²) in [7, 11) is 0. The van der Waals surface area contributed by atoms with Crippen LogP contribution in [-0.4, -0.2) is 6.21 Å². The molecule has 0 spiro atoms. The van der Waals surface area contributed by atoms with Gasteiger partial charge in [0.05, 0.1) is 5.70 Å². The molecule has 0 heterocycles. The molecular formula is C18H25FN2. The molecule has 2 N–H and O–H groups in total. The Labute approximate surface area is 127 Å². The minimum absolute atomic E-state index is 0.0877. The molecule has 0 atom stereocenters. The molecule has 21 heavy (non-hydrogen) atoms. The molecule has 0 amide bonds. The van der Waals surface area contributed by atoms with Gasteiger partial charge in [-0.2, -0.15) is 0 Å². The van der Waals surface area contributed by atoms with Gasteiger partial charge >= 0.3 is 0 Å². The number of rotatable bonds is 4. The summed E-state index contributed by atoms with van der Waals surface area (Å²) in [6, 6.07) is 3.79. The Balaban J connectivity index is 3.44. The van der Waals surface area contributed by atoms with Crippen molar-refractivity contribution in [2.75, 3.05) is 0 Å². The number of nitrogens with zero attached hydrogens (tertiary/aromatic N) is 1. The smallest absolute Gasteiger partial charge is 0.136 e. The molecule has 0 bridgehead atoms. The number of hydrogen-bond donors (Lipinski definition) is 1. The van der Waals surface area contributed by atoms with Crippen LogP contribution < -0.4 is 5.73 Å². The second-order valence-electron chi connectivity index (χ2n) is 6.06. The zero-order chi connectivity index (χ0) is 16.2. The van der Waals surface area contributed by atoms with Crippen molar-refractivity contribution in [3.63, 3.8) is 0 Å². The lowest BCUT2D eigenvalue weighted by Gasteiger charge is -2.24. The lowest BCUT2D eigenvalue weighted by atomic mass is 9.82. The highest BCUT2D eigenvalue weighted by atomic mass is 19.1. The van der Waals surface area contributed by atoms with Crippen LogP contribution in [0.2, 0.25) is 0 Å². The van der Waals surface area contributed by atoms with Crippen molar-refractivity contribution in [1.29, 1.82) is 0 Å². The molecule has 0 aromatic heterocycles. The number of hydrogen-bond acceptors (Lipinski definition) is 2. The van der Waals surface area contributed by atoms with Crippen molar-refractivity contribution in [3.8, 4) is 0 Å². The molecule has 0 aliphatic heterocycles. The molecule has 0 aliphatic rings. The molecule has 0 unspecified atom stereocenters. The predicted molar refractivity (Wildman–Crippen MR) is 89.9 cm³/mol. The highest BCUT2D eigenvalue weighted by Crippen LogP contribution is 2.32. The Kier molecular flexibility index (Phi) is 5.47. The second-order valence-corrected chi connectivity index (χ2v) is 6.06. The van der Waals surface area contributed by atoms with Gasteiger partial charge in [0.15, 0.2) is 0 Å². The summed E-state index contributed by atoms with van der Waals surface area (Å²) in [6.45, 7) is 13.6. The first kappa shape index (κ1) is 17.2. The Morgan fingerprint density at radius 2 is 2.00 bits per heavy atom. The molecule has 0 saturated carbocycles. The molecule has 0 saturated heterocycles. The van der Waals surface area contributed by atoms with E-state index >= 15 is 0 Å². The summed E-state index contributed by atoms with van der Waals surface area (Å²) in [5, 5.41) is 0. The zero-order valence-corrected chi connectivity index (χ0v) is 13.6. The van der Waals surface area contributed by atoms with Crippen LogP contribution in [-0.2, 0) is 11.8 Å². The summed E-state index contributed by atoms with van der Waals surface area (Å²) in [5.74, 6) is -0.196. The van der Waals surface area contributed by atoms with Gasteiger partial charge in [-0.15, -0.1) is 0 Å². The SMILES string of the molecule is C=C(N)C=N/C(=C\C)c1ccc(C(C)(C)C)c(CC)c1F. The third-order valence-corrected chi connectivity index (χ3v) is 3.32. The Hall–Kier alpha value is -1.90. The topological polar surface area (TPSA) is 38.4 Å². The fourth-order valence-corrected chi connectivity index (χ4v) is 2.32. The van der Waals surface area contributed by atoms with E-state index in [1.807, 2.05) is 19.9 Å². The van der Waals surface area contributed by atoms with Gasteiger partial charge in [0.25, 0.3) is 0 Å². The first-order valence-electron chi connectivity index (χ1n) is 7.19. The van der Waals surface area contributed by atoms with Crippen LogP contribution in [0, 0.1) is 5.82 Å². The van der Waals surface area contributed by atoms with E-state index in [4.69, 9.17) is 5.73 Å². The monoisotopic (exact) mass is 288 g/mol. The molecule has 1 aromatic rings.